The molecule has 1 aliphatic heterocycles. The first-order valence-electron chi connectivity index (χ1n) is 10.2. The Labute approximate surface area is 185 Å². The number of carbonyl (C=O) groups excluding carboxylic acids is 1. The molecular formula is C24H24N2O4S. The normalized spacial score (nSPS) is 14.0. The van der Waals surface area contributed by atoms with Gasteiger partial charge in [0.25, 0.3) is 0 Å². The highest BCUT2D eigenvalue weighted by Gasteiger charge is 2.14. The van der Waals surface area contributed by atoms with Crippen molar-refractivity contribution in [3.8, 4) is 11.5 Å². The molecule has 0 amide bonds. The zero-order valence-electron chi connectivity index (χ0n) is 17.3. The minimum Gasteiger partial charge on any atom is -0.490 e. The number of esters is 1. The van der Waals surface area contributed by atoms with Crippen molar-refractivity contribution in [3.63, 3.8) is 0 Å². The van der Waals surface area contributed by atoms with Gasteiger partial charge in [-0.15, -0.1) is 11.3 Å². The lowest BCUT2D eigenvalue weighted by Crippen LogP contribution is -2.36. The fraction of sp³-hybridized carbons (Fsp3) is 0.250. The number of nitrogens with zero attached hydrogens (tertiary/aromatic N) is 2. The molecule has 1 fully saturated rings. The molecule has 7 heteroatoms. The molecule has 0 unspecified atom stereocenters. The topological polar surface area (TPSA) is 60.4 Å². The van der Waals surface area contributed by atoms with Crippen LogP contribution in [0, 0.1) is 0 Å². The van der Waals surface area contributed by atoms with E-state index >= 15 is 0 Å². The standard InChI is InChI=1S/C24H24N2O4S/c1-2-29-22-16-18(5-10-21(22)30-24(27)23-4-3-15-31-23)17-25-19-6-8-20(9-7-19)26-11-13-28-14-12-26/h3-10,15-17H,2,11-14H2,1H3. The molecule has 0 spiro atoms. The van der Waals surface area contributed by atoms with Crippen molar-refractivity contribution >= 4 is 34.9 Å². The molecule has 1 aliphatic rings. The van der Waals surface area contributed by atoms with Gasteiger partial charge in [0.15, 0.2) is 11.5 Å². The maximum atomic E-state index is 12.3. The lowest BCUT2D eigenvalue weighted by atomic mass is 10.2. The number of carbonyl (C=O) groups is 1. The van der Waals surface area contributed by atoms with Crippen molar-refractivity contribution in [1.82, 2.24) is 0 Å². The molecule has 0 N–H and O–H groups in total. The minimum absolute atomic E-state index is 0.391. The first kappa shape index (κ1) is 21.1. The smallest absolute Gasteiger partial charge is 0.353 e. The molecule has 0 radical (unpaired) electrons. The molecule has 0 aliphatic carbocycles. The van der Waals surface area contributed by atoms with Crippen LogP contribution in [0.4, 0.5) is 11.4 Å². The van der Waals surface area contributed by atoms with Gasteiger partial charge < -0.3 is 19.1 Å². The quantitative estimate of drug-likeness (QED) is 0.298. The van der Waals surface area contributed by atoms with Crippen LogP contribution in [0.5, 0.6) is 11.5 Å². The van der Waals surface area contributed by atoms with E-state index in [1.165, 1.54) is 17.0 Å². The summed E-state index contributed by atoms with van der Waals surface area (Å²) in [5.41, 5.74) is 2.90. The summed E-state index contributed by atoms with van der Waals surface area (Å²) >= 11 is 1.34. The Balaban J connectivity index is 1.45. The molecule has 0 bridgehead atoms. The predicted octanol–water partition coefficient (Wildman–Crippen LogP) is 4.95. The third kappa shape index (κ3) is 5.51. The molecule has 0 saturated carbocycles. The fourth-order valence-electron chi connectivity index (χ4n) is 3.22. The van der Waals surface area contributed by atoms with Gasteiger partial charge in [0.2, 0.25) is 0 Å². The van der Waals surface area contributed by atoms with Gasteiger partial charge in [-0.2, -0.15) is 0 Å². The number of ether oxygens (including phenoxy) is 3. The van der Waals surface area contributed by atoms with E-state index in [-0.39, 0.29) is 0 Å². The Bertz CT molecular complexity index is 1030. The average Bonchev–Trinajstić information content (AvgIpc) is 3.35. The maximum absolute atomic E-state index is 12.3. The molecular weight excluding hydrogens is 412 g/mol. The lowest BCUT2D eigenvalue weighted by Gasteiger charge is -2.28. The minimum atomic E-state index is -0.391. The summed E-state index contributed by atoms with van der Waals surface area (Å²) in [6, 6.07) is 17.1. The van der Waals surface area contributed by atoms with Crippen LogP contribution in [0.2, 0.25) is 0 Å². The van der Waals surface area contributed by atoms with Crippen molar-refractivity contribution < 1.29 is 19.0 Å². The van der Waals surface area contributed by atoms with Gasteiger partial charge in [-0.05, 0) is 66.4 Å². The van der Waals surface area contributed by atoms with Crippen LogP contribution in [0.1, 0.15) is 22.2 Å². The molecule has 1 aromatic heterocycles. The maximum Gasteiger partial charge on any atom is 0.353 e. The average molecular weight is 437 g/mol. The molecule has 2 aromatic carbocycles. The van der Waals surface area contributed by atoms with Gasteiger partial charge >= 0.3 is 5.97 Å². The summed E-state index contributed by atoms with van der Waals surface area (Å²) in [5.74, 6) is 0.518. The molecule has 160 valence electrons. The lowest BCUT2D eigenvalue weighted by molar-refractivity contribution is 0.0733. The van der Waals surface area contributed by atoms with Crippen LogP contribution in [-0.4, -0.2) is 45.1 Å². The molecule has 1 saturated heterocycles. The highest BCUT2D eigenvalue weighted by Crippen LogP contribution is 2.30. The second kappa shape index (κ2) is 10.2. The number of hydrogen-bond donors (Lipinski definition) is 0. The van der Waals surface area contributed by atoms with E-state index in [2.05, 4.69) is 22.0 Å². The molecule has 0 atom stereocenters. The Hall–Kier alpha value is -3.16. The summed E-state index contributed by atoms with van der Waals surface area (Å²) in [6.07, 6.45) is 1.77. The zero-order chi connectivity index (χ0) is 21.5. The molecule has 4 rings (SSSR count). The van der Waals surface area contributed by atoms with E-state index in [0.717, 1.165) is 37.6 Å². The monoisotopic (exact) mass is 436 g/mol. The van der Waals surface area contributed by atoms with Crippen LogP contribution >= 0.6 is 11.3 Å². The van der Waals surface area contributed by atoms with Crippen LogP contribution in [0.25, 0.3) is 0 Å². The van der Waals surface area contributed by atoms with Crippen molar-refractivity contribution in [3.05, 3.63) is 70.4 Å². The van der Waals surface area contributed by atoms with E-state index in [4.69, 9.17) is 14.2 Å². The number of rotatable bonds is 7. The summed E-state index contributed by atoms with van der Waals surface area (Å²) in [5, 5.41) is 1.84. The predicted molar refractivity (Wildman–Crippen MR) is 124 cm³/mol. The zero-order valence-corrected chi connectivity index (χ0v) is 18.1. The SMILES string of the molecule is CCOc1cc(C=Nc2ccc(N3CCOCC3)cc2)ccc1OC(=O)c1cccs1. The third-order valence-electron chi connectivity index (χ3n) is 4.78. The van der Waals surface area contributed by atoms with Crippen molar-refractivity contribution in [2.24, 2.45) is 4.99 Å². The van der Waals surface area contributed by atoms with Crippen molar-refractivity contribution in [1.29, 1.82) is 0 Å². The molecule has 6 nitrogen and oxygen atoms in total. The van der Waals surface area contributed by atoms with Gasteiger partial charge in [0.1, 0.15) is 4.88 Å². The van der Waals surface area contributed by atoms with E-state index in [1.54, 1.807) is 18.3 Å². The second-order valence-corrected chi connectivity index (χ2v) is 7.83. The number of benzene rings is 2. The first-order valence-corrected chi connectivity index (χ1v) is 11.1. The van der Waals surface area contributed by atoms with Crippen LogP contribution < -0.4 is 14.4 Å². The van der Waals surface area contributed by atoms with Gasteiger partial charge in [-0.1, -0.05) is 6.07 Å². The summed E-state index contributed by atoms with van der Waals surface area (Å²) < 4.78 is 16.6. The third-order valence-corrected chi connectivity index (χ3v) is 5.63. The Morgan fingerprint density at radius 2 is 1.94 bits per heavy atom. The number of morpholine rings is 1. The highest BCUT2D eigenvalue weighted by atomic mass is 32.1. The molecule has 2 heterocycles. The number of anilines is 1. The fourth-order valence-corrected chi connectivity index (χ4v) is 3.82. The number of thiophene rings is 1. The van der Waals surface area contributed by atoms with E-state index in [0.29, 0.717) is 23.0 Å². The number of hydrogen-bond acceptors (Lipinski definition) is 7. The van der Waals surface area contributed by atoms with Crippen molar-refractivity contribution in [2.45, 2.75) is 6.92 Å². The van der Waals surface area contributed by atoms with Gasteiger partial charge in [0, 0.05) is 25.0 Å². The van der Waals surface area contributed by atoms with Crippen LogP contribution in [0.3, 0.4) is 0 Å². The Morgan fingerprint density at radius 1 is 1.13 bits per heavy atom. The van der Waals surface area contributed by atoms with Gasteiger partial charge in [0.05, 0.1) is 25.5 Å². The van der Waals surface area contributed by atoms with E-state index in [1.807, 2.05) is 42.6 Å². The van der Waals surface area contributed by atoms with Crippen LogP contribution in [-0.2, 0) is 4.74 Å². The largest absolute Gasteiger partial charge is 0.490 e. The Morgan fingerprint density at radius 3 is 2.65 bits per heavy atom. The van der Waals surface area contributed by atoms with E-state index < -0.39 is 5.97 Å². The highest BCUT2D eigenvalue weighted by molar-refractivity contribution is 7.12. The molecule has 3 aromatic rings. The first-order chi connectivity index (χ1) is 15.2. The Kier molecular flexibility index (Phi) is 6.96. The van der Waals surface area contributed by atoms with Crippen molar-refractivity contribution in [2.75, 3.05) is 37.8 Å². The summed E-state index contributed by atoms with van der Waals surface area (Å²) in [6.45, 7) is 5.70. The number of aliphatic imine (C=N–C) groups is 1. The van der Waals surface area contributed by atoms with Gasteiger partial charge in [-0.25, -0.2) is 4.79 Å². The van der Waals surface area contributed by atoms with E-state index in [9.17, 15) is 4.79 Å². The summed E-state index contributed by atoms with van der Waals surface area (Å²) in [7, 11) is 0. The van der Waals surface area contributed by atoms with Crippen LogP contribution in [0.15, 0.2) is 65.0 Å². The summed E-state index contributed by atoms with van der Waals surface area (Å²) in [4.78, 5) is 19.7. The second-order valence-electron chi connectivity index (χ2n) is 6.88. The molecule has 31 heavy (non-hydrogen) atoms. The van der Waals surface area contributed by atoms with Gasteiger partial charge in [-0.3, -0.25) is 4.99 Å².